The lowest BCUT2D eigenvalue weighted by Gasteiger charge is -2.15. The normalized spacial score (nSPS) is 12.2. The van der Waals surface area contributed by atoms with Crippen molar-refractivity contribution in [1.82, 2.24) is 10.3 Å². The largest absolute Gasteiger partial charge is 0.493 e. The Bertz CT molecular complexity index is 710. The Morgan fingerprint density at radius 2 is 2.04 bits per heavy atom. The van der Waals surface area contributed by atoms with E-state index in [0.29, 0.717) is 11.5 Å². The van der Waals surface area contributed by atoms with Gasteiger partial charge in [0, 0.05) is 11.5 Å². The number of thiazole rings is 1. The molecule has 0 radical (unpaired) electrons. The van der Waals surface area contributed by atoms with E-state index >= 15 is 0 Å². The Balaban J connectivity index is 2.02. The van der Waals surface area contributed by atoms with E-state index in [9.17, 15) is 4.79 Å². The number of hydrogen-bond acceptors (Lipinski definition) is 5. The Morgan fingerprint density at radius 1 is 1.30 bits per heavy atom. The Labute approximate surface area is 140 Å². The van der Waals surface area contributed by atoms with E-state index in [4.69, 9.17) is 9.47 Å². The molecule has 122 valence electrons. The van der Waals surface area contributed by atoms with Crippen molar-refractivity contribution < 1.29 is 14.3 Å². The lowest BCUT2D eigenvalue weighted by Crippen LogP contribution is -2.24. The smallest absolute Gasteiger partial charge is 0.244 e. The minimum Gasteiger partial charge on any atom is -0.493 e. The van der Waals surface area contributed by atoms with E-state index < -0.39 is 0 Å². The first-order valence-electron chi connectivity index (χ1n) is 7.16. The Morgan fingerprint density at radius 3 is 2.65 bits per heavy atom. The Kier molecular flexibility index (Phi) is 5.76. The van der Waals surface area contributed by atoms with Crippen LogP contribution in [-0.2, 0) is 4.79 Å². The molecule has 2 aromatic rings. The predicted octanol–water partition coefficient (Wildman–Crippen LogP) is 3.36. The van der Waals surface area contributed by atoms with Crippen molar-refractivity contribution in [3.8, 4) is 11.5 Å². The molecular weight excluding hydrogens is 312 g/mol. The first kappa shape index (κ1) is 17.0. The van der Waals surface area contributed by atoms with Crippen LogP contribution < -0.4 is 14.8 Å². The van der Waals surface area contributed by atoms with Gasteiger partial charge < -0.3 is 14.8 Å². The van der Waals surface area contributed by atoms with Crippen LogP contribution in [0.25, 0.3) is 6.08 Å². The van der Waals surface area contributed by atoms with Crippen molar-refractivity contribution in [2.45, 2.75) is 19.9 Å². The molecule has 1 aromatic carbocycles. The highest BCUT2D eigenvalue weighted by molar-refractivity contribution is 7.09. The molecule has 0 saturated heterocycles. The van der Waals surface area contributed by atoms with Crippen LogP contribution in [0, 0.1) is 6.92 Å². The van der Waals surface area contributed by atoms with Crippen LogP contribution in [-0.4, -0.2) is 25.1 Å². The molecule has 23 heavy (non-hydrogen) atoms. The summed E-state index contributed by atoms with van der Waals surface area (Å²) >= 11 is 1.55. The molecule has 1 N–H and O–H groups in total. The van der Waals surface area contributed by atoms with E-state index in [2.05, 4.69) is 10.3 Å². The number of carbonyl (C=O) groups excluding carboxylic acids is 1. The van der Waals surface area contributed by atoms with Gasteiger partial charge in [0.1, 0.15) is 0 Å². The molecule has 0 aliphatic rings. The number of aryl methyl sites for hydroxylation is 1. The molecule has 0 spiro atoms. The summed E-state index contributed by atoms with van der Waals surface area (Å²) in [4.78, 5) is 16.3. The summed E-state index contributed by atoms with van der Waals surface area (Å²) in [5.74, 6) is 1.13. The van der Waals surface area contributed by atoms with Crippen LogP contribution in [0.4, 0.5) is 0 Å². The van der Waals surface area contributed by atoms with E-state index in [-0.39, 0.29) is 11.9 Å². The molecule has 0 fully saturated rings. The van der Waals surface area contributed by atoms with E-state index in [1.54, 1.807) is 31.6 Å². The number of methoxy groups -OCH3 is 2. The number of ether oxygens (including phenoxy) is 2. The molecule has 0 aliphatic heterocycles. The maximum atomic E-state index is 12.0. The second-order valence-corrected chi connectivity index (χ2v) is 6.03. The molecule has 2 rings (SSSR count). The van der Waals surface area contributed by atoms with E-state index in [1.165, 1.54) is 6.08 Å². The zero-order valence-corrected chi connectivity index (χ0v) is 14.4. The topological polar surface area (TPSA) is 60.5 Å². The van der Waals surface area contributed by atoms with Crippen LogP contribution in [0.3, 0.4) is 0 Å². The van der Waals surface area contributed by atoms with Gasteiger partial charge in [0.25, 0.3) is 0 Å². The number of aromatic nitrogens is 1. The van der Waals surface area contributed by atoms with Crippen LogP contribution in [0.1, 0.15) is 29.2 Å². The summed E-state index contributed by atoms with van der Waals surface area (Å²) in [6.45, 7) is 3.85. The molecule has 6 heteroatoms. The van der Waals surface area contributed by atoms with Crippen LogP contribution in [0.15, 0.2) is 29.7 Å². The van der Waals surface area contributed by atoms with E-state index in [0.717, 1.165) is 16.3 Å². The molecule has 0 bridgehead atoms. The summed E-state index contributed by atoms with van der Waals surface area (Å²) in [5, 5.41) is 5.80. The minimum atomic E-state index is -0.169. The van der Waals surface area contributed by atoms with Gasteiger partial charge in [-0.05, 0) is 37.6 Å². The van der Waals surface area contributed by atoms with Gasteiger partial charge in [-0.15, -0.1) is 11.3 Å². The summed E-state index contributed by atoms with van der Waals surface area (Å²) in [7, 11) is 3.18. The van der Waals surface area contributed by atoms with Gasteiger partial charge in [0.05, 0.1) is 31.0 Å². The predicted molar refractivity (Wildman–Crippen MR) is 92.0 cm³/mol. The zero-order valence-electron chi connectivity index (χ0n) is 13.6. The lowest BCUT2D eigenvalue weighted by molar-refractivity contribution is -0.117. The van der Waals surface area contributed by atoms with Crippen molar-refractivity contribution in [3.63, 3.8) is 0 Å². The molecule has 1 heterocycles. The molecule has 0 aliphatic carbocycles. The third kappa shape index (κ3) is 4.56. The van der Waals surface area contributed by atoms with Crippen molar-refractivity contribution in [2.24, 2.45) is 0 Å². The van der Waals surface area contributed by atoms with Crippen molar-refractivity contribution >= 4 is 23.3 Å². The number of carbonyl (C=O) groups is 1. The maximum Gasteiger partial charge on any atom is 0.244 e. The fraction of sp³-hybridized carbons (Fsp3) is 0.294. The average molecular weight is 332 g/mol. The van der Waals surface area contributed by atoms with Crippen LogP contribution >= 0.6 is 11.3 Å². The van der Waals surface area contributed by atoms with Crippen LogP contribution in [0.5, 0.6) is 11.5 Å². The average Bonchev–Trinajstić information content (AvgIpc) is 2.97. The van der Waals surface area contributed by atoms with Gasteiger partial charge in [-0.25, -0.2) is 4.98 Å². The highest BCUT2D eigenvalue weighted by Gasteiger charge is 2.11. The summed E-state index contributed by atoms with van der Waals surface area (Å²) in [6, 6.07) is 5.44. The maximum absolute atomic E-state index is 12.0. The standard InChI is InChI=1S/C17H20N2O3S/c1-11(13-5-7-15(21-3)16(9-13)22-4)18-17(20)8-6-14-10-23-12(2)19-14/h5-11H,1-4H3,(H,18,20)/b8-6+. The van der Waals surface area contributed by atoms with Crippen LogP contribution in [0.2, 0.25) is 0 Å². The Hall–Kier alpha value is -2.34. The number of rotatable bonds is 6. The van der Waals surface area contributed by atoms with Gasteiger partial charge in [0.15, 0.2) is 11.5 Å². The summed E-state index contributed by atoms with van der Waals surface area (Å²) < 4.78 is 10.5. The number of nitrogens with zero attached hydrogens (tertiary/aromatic N) is 1. The highest BCUT2D eigenvalue weighted by atomic mass is 32.1. The second-order valence-electron chi connectivity index (χ2n) is 4.97. The van der Waals surface area contributed by atoms with Gasteiger partial charge in [0.2, 0.25) is 5.91 Å². The molecule has 1 amide bonds. The minimum absolute atomic E-state index is 0.149. The summed E-state index contributed by atoms with van der Waals surface area (Å²) in [5.41, 5.74) is 1.73. The number of nitrogens with one attached hydrogen (secondary N) is 1. The summed E-state index contributed by atoms with van der Waals surface area (Å²) in [6.07, 6.45) is 3.20. The fourth-order valence-electron chi connectivity index (χ4n) is 2.08. The fourth-order valence-corrected chi connectivity index (χ4v) is 2.67. The van der Waals surface area contributed by atoms with Gasteiger partial charge in [-0.2, -0.15) is 0 Å². The first-order valence-corrected chi connectivity index (χ1v) is 8.04. The third-order valence-corrected chi connectivity index (χ3v) is 4.10. The van der Waals surface area contributed by atoms with Gasteiger partial charge >= 0.3 is 0 Å². The molecule has 1 aromatic heterocycles. The lowest BCUT2D eigenvalue weighted by atomic mass is 10.1. The van der Waals surface area contributed by atoms with Crippen molar-refractivity contribution in [2.75, 3.05) is 14.2 Å². The molecule has 0 saturated carbocycles. The SMILES string of the molecule is COc1ccc(C(C)NC(=O)/C=C/c2csc(C)n2)cc1OC. The van der Waals surface area contributed by atoms with Crippen molar-refractivity contribution in [1.29, 1.82) is 0 Å². The third-order valence-electron chi connectivity index (χ3n) is 3.31. The number of hydrogen-bond donors (Lipinski definition) is 1. The monoisotopic (exact) mass is 332 g/mol. The molecule has 1 atom stereocenters. The number of benzene rings is 1. The highest BCUT2D eigenvalue weighted by Crippen LogP contribution is 2.29. The number of amides is 1. The second kappa shape index (κ2) is 7.78. The molecular formula is C17H20N2O3S. The van der Waals surface area contributed by atoms with Gasteiger partial charge in [-0.1, -0.05) is 6.07 Å². The van der Waals surface area contributed by atoms with Gasteiger partial charge in [-0.3, -0.25) is 4.79 Å². The zero-order chi connectivity index (χ0) is 16.8. The molecule has 1 unspecified atom stereocenters. The van der Waals surface area contributed by atoms with E-state index in [1.807, 2.05) is 37.4 Å². The quantitative estimate of drug-likeness (QED) is 0.824. The first-order chi connectivity index (χ1) is 11.0. The van der Waals surface area contributed by atoms with Crippen molar-refractivity contribution in [3.05, 3.63) is 45.9 Å². The molecule has 5 nitrogen and oxygen atoms in total.